The van der Waals surface area contributed by atoms with Crippen LogP contribution in [0.15, 0.2) is 0 Å². The first-order valence-corrected chi connectivity index (χ1v) is 6.12. The Kier molecular flexibility index (Phi) is 10.5. The van der Waals surface area contributed by atoms with Gasteiger partial charge in [0, 0.05) is 6.61 Å². The maximum absolute atomic E-state index is 11.2. The molecule has 0 aromatic heterocycles. The van der Waals surface area contributed by atoms with E-state index in [9.17, 15) is 9.90 Å². The number of carbonyl (C=O) groups excluding carboxylic acids is 1. The van der Waals surface area contributed by atoms with Crippen LogP contribution in [-0.2, 0) is 14.3 Å². The Morgan fingerprint density at radius 1 is 1.25 bits per heavy atom. The molecule has 0 aromatic rings. The van der Waals surface area contributed by atoms with Crippen molar-refractivity contribution < 1.29 is 19.4 Å². The Morgan fingerprint density at radius 2 is 2.00 bits per heavy atom. The molecule has 0 aliphatic heterocycles. The Balaban J connectivity index is 3.36. The van der Waals surface area contributed by atoms with Gasteiger partial charge in [-0.3, -0.25) is 4.79 Å². The van der Waals surface area contributed by atoms with E-state index < -0.39 is 6.10 Å². The monoisotopic (exact) mass is 232 g/mol. The lowest BCUT2D eigenvalue weighted by Gasteiger charge is -2.10. The highest BCUT2D eigenvalue weighted by Crippen LogP contribution is 2.01. The van der Waals surface area contributed by atoms with Crippen LogP contribution in [0.25, 0.3) is 0 Å². The smallest absolute Gasteiger partial charge is 0.308 e. The first-order chi connectivity index (χ1) is 7.70. The highest BCUT2D eigenvalue weighted by atomic mass is 16.5. The fourth-order valence-electron chi connectivity index (χ4n) is 1.28. The zero-order valence-electron chi connectivity index (χ0n) is 10.4. The van der Waals surface area contributed by atoms with E-state index in [0.29, 0.717) is 13.2 Å². The highest BCUT2D eigenvalue weighted by molar-refractivity contribution is 5.69. The third kappa shape index (κ3) is 9.93. The molecule has 0 amide bonds. The number of esters is 1. The van der Waals surface area contributed by atoms with Crippen LogP contribution in [0.3, 0.4) is 0 Å². The summed E-state index contributed by atoms with van der Waals surface area (Å²) in [7, 11) is 0. The molecule has 96 valence electrons. The van der Waals surface area contributed by atoms with Crippen molar-refractivity contribution in [3.05, 3.63) is 0 Å². The molecule has 4 nitrogen and oxygen atoms in total. The van der Waals surface area contributed by atoms with Crippen LogP contribution < -0.4 is 0 Å². The van der Waals surface area contributed by atoms with Crippen LogP contribution in [0.1, 0.15) is 46.0 Å². The van der Waals surface area contributed by atoms with Crippen LogP contribution in [0.4, 0.5) is 0 Å². The minimum Gasteiger partial charge on any atom is -0.466 e. The third-order valence-electron chi connectivity index (χ3n) is 2.18. The number of aliphatic hydroxyl groups excluding tert-OH is 1. The Labute approximate surface area is 97.9 Å². The highest BCUT2D eigenvalue weighted by Gasteiger charge is 2.11. The van der Waals surface area contributed by atoms with Crippen LogP contribution in [0.5, 0.6) is 0 Å². The molecular weight excluding hydrogens is 208 g/mol. The molecule has 0 spiro atoms. The van der Waals surface area contributed by atoms with Gasteiger partial charge in [-0.2, -0.15) is 0 Å². The molecule has 0 radical (unpaired) electrons. The zero-order chi connectivity index (χ0) is 12.2. The van der Waals surface area contributed by atoms with Gasteiger partial charge in [-0.1, -0.05) is 26.2 Å². The molecular formula is C12H24O4. The van der Waals surface area contributed by atoms with Gasteiger partial charge in [0.15, 0.2) is 0 Å². The third-order valence-corrected chi connectivity index (χ3v) is 2.18. The van der Waals surface area contributed by atoms with Crippen molar-refractivity contribution in [3.63, 3.8) is 0 Å². The zero-order valence-corrected chi connectivity index (χ0v) is 10.4. The van der Waals surface area contributed by atoms with E-state index >= 15 is 0 Å². The second-order valence-electron chi connectivity index (χ2n) is 3.80. The maximum atomic E-state index is 11.2. The van der Waals surface area contributed by atoms with E-state index in [-0.39, 0.29) is 19.0 Å². The average Bonchev–Trinajstić information content (AvgIpc) is 2.26. The molecule has 0 aliphatic carbocycles. The summed E-state index contributed by atoms with van der Waals surface area (Å²) < 4.78 is 9.98. The van der Waals surface area contributed by atoms with Crippen LogP contribution >= 0.6 is 0 Å². The van der Waals surface area contributed by atoms with Gasteiger partial charge < -0.3 is 14.6 Å². The molecule has 16 heavy (non-hydrogen) atoms. The second-order valence-corrected chi connectivity index (χ2v) is 3.80. The van der Waals surface area contributed by atoms with Gasteiger partial charge in [0.25, 0.3) is 0 Å². The largest absolute Gasteiger partial charge is 0.466 e. The van der Waals surface area contributed by atoms with Crippen LogP contribution in [0.2, 0.25) is 0 Å². The SMILES string of the molecule is CCCCCCOC(=O)CC(O)COCC. The predicted molar refractivity (Wildman–Crippen MR) is 62.2 cm³/mol. The molecule has 0 saturated carbocycles. The summed E-state index contributed by atoms with van der Waals surface area (Å²) in [5.74, 6) is -0.344. The molecule has 0 saturated heterocycles. The Morgan fingerprint density at radius 3 is 2.62 bits per heavy atom. The minimum atomic E-state index is -0.747. The first-order valence-electron chi connectivity index (χ1n) is 6.12. The molecule has 0 fully saturated rings. The molecule has 0 aromatic carbocycles. The fraction of sp³-hybridized carbons (Fsp3) is 0.917. The normalized spacial score (nSPS) is 12.4. The molecule has 0 bridgehead atoms. The summed E-state index contributed by atoms with van der Waals surface area (Å²) in [6, 6.07) is 0. The lowest BCUT2D eigenvalue weighted by molar-refractivity contribution is -0.146. The maximum Gasteiger partial charge on any atom is 0.308 e. The van der Waals surface area contributed by atoms with Gasteiger partial charge in [0.05, 0.1) is 25.7 Å². The lowest BCUT2D eigenvalue weighted by Crippen LogP contribution is -2.21. The van der Waals surface area contributed by atoms with E-state index in [4.69, 9.17) is 9.47 Å². The number of hydrogen-bond donors (Lipinski definition) is 1. The molecule has 1 N–H and O–H groups in total. The van der Waals surface area contributed by atoms with E-state index in [1.807, 2.05) is 6.92 Å². The Hall–Kier alpha value is -0.610. The van der Waals surface area contributed by atoms with Gasteiger partial charge >= 0.3 is 5.97 Å². The first kappa shape index (κ1) is 15.4. The second kappa shape index (κ2) is 10.9. The van der Waals surface area contributed by atoms with Crippen molar-refractivity contribution in [2.45, 2.75) is 52.1 Å². The van der Waals surface area contributed by atoms with E-state index in [1.165, 1.54) is 12.8 Å². The van der Waals surface area contributed by atoms with Crippen molar-refractivity contribution in [2.75, 3.05) is 19.8 Å². The number of aliphatic hydroxyl groups is 1. The van der Waals surface area contributed by atoms with Crippen molar-refractivity contribution in [2.24, 2.45) is 0 Å². The van der Waals surface area contributed by atoms with Gasteiger partial charge in [0.1, 0.15) is 0 Å². The van der Waals surface area contributed by atoms with Crippen LogP contribution in [-0.4, -0.2) is 37.0 Å². The lowest BCUT2D eigenvalue weighted by atomic mass is 10.2. The standard InChI is InChI=1S/C12H24O4/c1-3-5-6-7-8-16-12(14)9-11(13)10-15-4-2/h11,13H,3-10H2,1-2H3. The van der Waals surface area contributed by atoms with Crippen molar-refractivity contribution in [1.82, 2.24) is 0 Å². The topological polar surface area (TPSA) is 55.8 Å². The summed E-state index contributed by atoms with van der Waals surface area (Å²) in [5.41, 5.74) is 0. The summed E-state index contributed by atoms with van der Waals surface area (Å²) >= 11 is 0. The van der Waals surface area contributed by atoms with Gasteiger partial charge in [-0.15, -0.1) is 0 Å². The number of carbonyl (C=O) groups is 1. The van der Waals surface area contributed by atoms with E-state index in [1.54, 1.807) is 0 Å². The van der Waals surface area contributed by atoms with Gasteiger partial charge in [0.2, 0.25) is 0 Å². The molecule has 1 unspecified atom stereocenters. The molecule has 0 rings (SSSR count). The van der Waals surface area contributed by atoms with E-state index in [0.717, 1.165) is 12.8 Å². The molecule has 0 heterocycles. The quantitative estimate of drug-likeness (QED) is 0.461. The van der Waals surface area contributed by atoms with Crippen molar-refractivity contribution in [1.29, 1.82) is 0 Å². The van der Waals surface area contributed by atoms with Gasteiger partial charge in [-0.25, -0.2) is 0 Å². The van der Waals surface area contributed by atoms with Crippen molar-refractivity contribution >= 4 is 5.97 Å². The average molecular weight is 232 g/mol. The summed E-state index contributed by atoms with van der Waals surface area (Å²) in [4.78, 5) is 11.2. The van der Waals surface area contributed by atoms with Crippen molar-refractivity contribution in [3.8, 4) is 0 Å². The number of ether oxygens (including phenoxy) is 2. The minimum absolute atomic E-state index is 0.0216. The number of hydrogen-bond acceptors (Lipinski definition) is 4. The van der Waals surface area contributed by atoms with Gasteiger partial charge in [-0.05, 0) is 13.3 Å². The Bertz CT molecular complexity index is 170. The molecule has 1 atom stereocenters. The van der Waals surface area contributed by atoms with Crippen LogP contribution in [0, 0.1) is 0 Å². The summed E-state index contributed by atoms with van der Waals surface area (Å²) in [6.45, 7) is 5.18. The predicted octanol–water partition coefficient (Wildman–Crippen LogP) is 1.90. The molecule has 0 aliphatic rings. The molecule has 4 heteroatoms. The number of unbranched alkanes of at least 4 members (excludes halogenated alkanes) is 3. The fourth-order valence-corrected chi connectivity index (χ4v) is 1.28. The van der Waals surface area contributed by atoms with E-state index in [2.05, 4.69) is 6.92 Å². The summed E-state index contributed by atoms with van der Waals surface area (Å²) in [6.07, 6.45) is 3.61. The summed E-state index contributed by atoms with van der Waals surface area (Å²) in [5, 5.41) is 9.37. The number of rotatable bonds is 10.